The van der Waals surface area contributed by atoms with E-state index in [0.29, 0.717) is 18.0 Å². The summed E-state index contributed by atoms with van der Waals surface area (Å²) in [5, 5.41) is 3.15. The Hall–Kier alpha value is -2.17. The molecule has 1 fully saturated rings. The smallest absolute Gasteiger partial charge is 0.251 e. The lowest BCUT2D eigenvalue weighted by atomic mass is 9.95. The van der Waals surface area contributed by atoms with E-state index in [1.807, 2.05) is 12.2 Å². The van der Waals surface area contributed by atoms with Crippen molar-refractivity contribution in [2.75, 3.05) is 46.3 Å². The summed E-state index contributed by atoms with van der Waals surface area (Å²) in [4.78, 5) is 17.8. The van der Waals surface area contributed by atoms with Gasteiger partial charge in [-0.3, -0.25) is 4.79 Å². The van der Waals surface area contributed by atoms with Crippen molar-refractivity contribution >= 4 is 11.5 Å². The Morgan fingerprint density at radius 1 is 0.840 bits per heavy atom. The van der Waals surface area contributed by atoms with E-state index >= 15 is 0 Å². The lowest BCUT2D eigenvalue weighted by molar-refractivity contribution is -0.117. The van der Waals surface area contributed by atoms with Crippen LogP contribution in [0, 0.1) is 5.92 Å². The van der Waals surface area contributed by atoms with Crippen molar-refractivity contribution in [3.63, 3.8) is 0 Å². The van der Waals surface area contributed by atoms with Gasteiger partial charge in [-0.15, -0.1) is 0 Å². The molecule has 2 rings (SSSR count). The second-order valence-electron chi connectivity index (χ2n) is 15.0. The van der Waals surface area contributed by atoms with Crippen LogP contribution in [0.5, 0.6) is 0 Å². The van der Waals surface area contributed by atoms with Gasteiger partial charge in [0.1, 0.15) is 0 Å². The summed E-state index contributed by atoms with van der Waals surface area (Å²) in [6.07, 6.45) is 24.7. The molecular weight excluding hydrogens is 611 g/mol. The van der Waals surface area contributed by atoms with Crippen LogP contribution in [0.25, 0.3) is 5.57 Å². The molecule has 1 aromatic rings. The number of nitrogens with zero attached hydrogens (tertiary/aromatic N) is 2. The third-order valence-corrected chi connectivity index (χ3v) is 10.0. The maximum Gasteiger partial charge on any atom is 0.251 e. The Morgan fingerprint density at radius 2 is 1.38 bits per heavy atom. The van der Waals surface area contributed by atoms with Crippen LogP contribution < -0.4 is 5.32 Å². The van der Waals surface area contributed by atoms with E-state index in [2.05, 4.69) is 122 Å². The average molecular weight is 694 g/mol. The van der Waals surface area contributed by atoms with Crippen molar-refractivity contribution in [3.05, 3.63) is 64.8 Å². The fourth-order valence-electron chi connectivity index (χ4n) is 5.96. The van der Waals surface area contributed by atoms with Gasteiger partial charge in [0.2, 0.25) is 0 Å². The SMILES string of the molecule is CCCCCCCCCC.CCCN(C)CCC.CC\C(C)=C/C=C(\C=C(/C)c1ccc(C(C)CC)cc1)C(=O)NCCN1CCC(C)CC1. The Balaban J connectivity index is 0.00000109. The number of nitrogens with one attached hydrogen (secondary N) is 1. The van der Waals surface area contributed by atoms with Gasteiger partial charge < -0.3 is 15.1 Å². The number of hydrogen-bond donors (Lipinski definition) is 1. The molecule has 0 aromatic heterocycles. The Labute approximate surface area is 312 Å². The van der Waals surface area contributed by atoms with Gasteiger partial charge in [-0.1, -0.05) is 143 Å². The molecule has 1 aliphatic heterocycles. The highest BCUT2D eigenvalue weighted by atomic mass is 16.1. The number of unbranched alkanes of at least 4 members (excludes halogenated alkanes) is 7. The van der Waals surface area contributed by atoms with Crippen LogP contribution in [-0.2, 0) is 4.79 Å². The van der Waals surface area contributed by atoms with Gasteiger partial charge in [-0.05, 0) is 126 Å². The molecule has 0 radical (unpaired) electrons. The zero-order valence-electron chi connectivity index (χ0n) is 35.1. The average Bonchev–Trinajstić information content (AvgIpc) is 3.12. The summed E-state index contributed by atoms with van der Waals surface area (Å²) in [5.41, 5.74) is 5.62. The normalized spacial score (nSPS) is 15.2. The molecule has 0 aliphatic carbocycles. The molecule has 1 aromatic carbocycles. The van der Waals surface area contributed by atoms with Crippen LogP contribution in [0.1, 0.15) is 176 Å². The lowest BCUT2D eigenvalue weighted by Crippen LogP contribution is -2.39. The summed E-state index contributed by atoms with van der Waals surface area (Å²) in [6, 6.07) is 8.77. The molecule has 1 saturated heterocycles. The van der Waals surface area contributed by atoms with E-state index in [0.717, 1.165) is 49.5 Å². The Kier molecular flexibility index (Phi) is 30.2. The number of benzene rings is 1. The zero-order chi connectivity index (χ0) is 37.6. The van der Waals surface area contributed by atoms with E-state index in [9.17, 15) is 4.79 Å². The van der Waals surface area contributed by atoms with Crippen LogP contribution in [0.4, 0.5) is 0 Å². The number of hydrogen-bond acceptors (Lipinski definition) is 3. The van der Waals surface area contributed by atoms with Crippen molar-refractivity contribution in [2.45, 2.75) is 165 Å². The van der Waals surface area contributed by atoms with E-state index in [1.54, 1.807) is 0 Å². The minimum absolute atomic E-state index is 0.00565. The van der Waals surface area contributed by atoms with Crippen LogP contribution in [0.15, 0.2) is 53.6 Å². The number of carbonyl (C=O) groups is 1. The molecule has 1 amide bonds. The molecule has 1 unspecified atom stereocenters. The minimum Gasteiger partial charge on any atom is -0.351 e. The second kappa shape index (κ2) is 31.6. The van der Waals surface area contributed by atoms with Gasteiger partial charge >= 0.3 is 0 Å². The first-order chi connectivity index (χ1) is 24.1. The van der Waals surface area contributed by atoms with Crippen LogP contribution >= 0.6 is 0 Å². The van der Waals surface area contributed by atoms with Crippen molar-refractivity contribution in [1.29, 1.82) is 0 Å². The van der Waals surface area contributed by atoms with E-state index in [-0.39, 0.29) is 5.91 Å². The third-order valence-electron chi connectivity index (χ3n) is 10.0. The van der Waals surface area contributed by atoms with Gasteiger partial charge in [0.25, 0.3) is 5.91 Å². The fraction of sp³-hybridized carbons (Fsp3) is 0.717. The van der Waals surface area contributed by atoms with Gasteiger partial charge in [0.15, 0.2) is 0 Å². The summed E-state index contributed by atoms with van der Waals surface area (Å²) >= 11 is 0. The molecule has 4 nitrogen and oxygen atoms in total. The highest BCUT2D eigenvalue weighted by Gasteiger charge is 2.16. The molecule has 288 valence electrons. The van der Waals surface area contributed by atoms with Crippen molar-refractivity contribution in [3.8, 4) is 0 Å². The number of likely N-dealkylation sites (tertiary alicyclic amines) is 1. The van der Waals surface area contributed by atoms with Crippen molar-refractivity contribution < 1.29 is 4.79 Å². The molecular formula is C46H83N3O. The molecule has 1 heterocycles. The Morgan fingerprint density at radius 3 is 1.86 bits per heavy atom. The predicted octanol–water partition coefficient (Wildman–Crippen LogP) is 12.6. The summed E-state index contributed by atoms with van der Waals surface area (Å²) in [6.45, 7) is 28.5. The van der Waals surface area contributed by atoms with Gasteiger partial charge in [-0.25, -0.2) is 0 Å². The third kappa shape index (κ3) is 24.1. The monoisotopic (exact) mass is 694 g/mol. The van der Waals surface area contributed by atoms with Gasteiger partial charge in [-0.2, -0.15) is 0 Å². The van der Waals surface area contributed by atoms with Crippen molar-refractivity contribution in [1.82, 2.24) is 15.1 Å². The molecule has 0 bridgehead atoms. The fourth-order valence-corrected chi connectivity index (χ4v) is 5.96. The summed E-state index contributed by atoms with van der Waals surface area (Å²) in [7, 11) is 2.17. The topological polar surface area (TPSA) is 35.6 Å². The second-order valence-corrected chi connectivity index (χ2v) is 15.0. The standard InChI is InChI=1S/C29H44N2O.C10H22.C7H17N/c1-7-22(3)9-10-28(29(32)30-17-20-31-18-15-23(4)16-19-31)21-25(6)27-13-11-26(12-14-27)24(5)8-2;1-3-5-7-9-10-8-6-4-2;1-4-6-8(3)7-5-2/h9-14,21,23-24H,7-8,15-20H2,1-6H3,(H,30,32);3-10H2,1-2H3;4-7H2,1-3H3/b22-9-,25-21+,28-10+;;. The molecule has 1 aliphatic rings. The predicted molar refractivity (Wildman–Crippen MR) is 225 cm³/mol. The molecule has 0 spiro atoms. The maximum absolute atomic E-state index is 13.0. The number of carbonyl (C=O) groups excluding carboxylic acids is 1. The number of piperidine rings is 1. The van der Waals surface area contributed by atoms with E-state index < -0.39 is 0 Å². The first-order valence-corrected chi connectivity index (χ1v) is 20.9. The molecule has 50 heavy (non-hydrogen) atoms. The number of allylic oxidation sites excluding steroid dienone is 4. The van der Waals surface area contributed by atoms with Gasteiger partial charge in [0, 0.05) is 18.7 Å². The van der Waals surface area contributed by atoms with Crippen LogP contribution in [0.2, 0.25) is 0 Å². The quantitative estimate of drug-likeness (QED) is 0.0791. The maximum atomic E-state index is 13.0. The highest BCUT2D eigenvalue weighted by Crippen LogP contribution is 2.23. The number of amides is 1. The lowest BCUT2D eigenvalue weighted by Gasteiger charge is -2.30. The molecule has 0 saturated carbocycles. The highest BCUT2D eigenvalue weighted by molar-refractivity contribution is 5.98. The zero-order valence-corrected chi connectivity index (χ0v) is 35.1. The molecule has 1 N–H and O–H groups in total. The largest absolute Gasteiger partial charge is 0.351 e. The first-order valence-electron chi connectivity index (χ1n) is 20.9. The Bertz CT molecular complexity index is 1030. The number of rotatable bonds is 21. The molecule has 4 heteroatoms. The minimum atomic E-state index is 0.00565. The van der Waals surface area contributed by atoms with Gasteiger partial charge in [0.05, 0.1) is 0 Å². The summed E-state index contributed by atoms with van der Waals surface area (Å²) < 4.78 is 0. The van der Waals surface area contributed by atoms with Crippen molar-refractivity contribution in [2.24, 2.45) is 5.92 Å². The summed E-state index contributed by atoms with van der Waals surface area (Å²) in [5.74, 6) is 1.40. The van der Waals surface area contributed by atoms with Crippen LogP contribution in [-0.4, -0.2) is 62.0 Å². The van der Waals surface area contributed by atoms with E-state index in [4.69, 9.17) is 0 Å². The first kappa shape index (κ1) is 47.8. The molecule has 1 atom stereocenters. The van der Waals surface area contributed by atoms with Crippen LogP contribution in [0.3, 0.4) is 0 Å². The van der Waals surface area contributed by atoms with E-state index in [1.165, 1.54) is 101 Å².